The van der Waals surface area contributed by atoms with E-state index in [1.807, 2.05) is 6.92 Å². The van der Waals surface area contributed by atoms with E-state index in [0.29, 0.717) is 12.6 Å². The summed E-state index contributed by atoms with van der Waals surface area (Å²) in [7, 11) is 0. The molecule has 116 valence electrons. The Bertz CT molecular complexity index is 314. The minimum absolute atomic E-state index is 0.245. The first kappa shape index (κ1) is 16.9. The number of hydrogen-bond donors (Lipinski definition) is 3. The van der Waals surface area contributed by atoms with Crippen LogP contribution in [0.1, 0.15) is 40.0 Å². The van der Waals surface area contributed by atoms with Crippen molar-refractivity contribution in [3.05, 3.63) is 0 Å². The van der Waals surface area contributed by atoms with E-state index in [0.717, 1.165) is 25.9 Å². The zero-order chi connectivity index (χ0) is 15.0. The summed E-state index contributed by atoms with van der Waals surface area (Å²) in [6.45, 7) is 8.86. The zero-order valence-corrected chi connectivity index (χ0v) is 12.9. The van der Waals surface area contributed by atoms with Crippen LogP contribution in [0, 0.1) is 0 Å². The molecule has 1 unspecified atom stereocenters. The van der Waals surface area contributed by atoms with Gasteiger partial charge in [-0.15, -0.1) is 0 Å². The number of nitrogens with one attached hydrogen (secondary N) is 3. The molecule has 3 amide bonds. The highest BCUT2D eigenvalue weighted by Crippen LogP contribution is 2.09. The number of carbonyl (C=O) groups excluding carboxylic acids is 2. The normalized spacial score (nSPS) is 18.6. The first-order valence-electron chi connectivity index (χ1n) is 7.58. The molecule has 1 rings (SSSR count). The maximum absolute atomic E-state index is 11.9. The van der Waals surface area contributed by atoms with Crippen LogP contribution in [0.25, 0.3) is 0 Å². The van der Waals surface area contributed by atoms with Crippen LogP contribution in [0.15, 0.2) is 0 Å². The molecule has 0 spiro atoms. The molecule has 0 aromatic heterocycles. The van der Waals surface area contributed by atoms with Crippen molar-refractivity contribution in [3.8, 4) is 0 Å². The van der Waals surface area contributed by atoms with Crippen molar-refractivity contribution in [1.29, 1.82) is 0 Å². The average molecular weight is 284 g/mol. The predicted octanol–water partition coefficient (Wildman–Crippen LogP) is 0.685. The van der Waals surface area contributed by atoms with Gasteiger partial charge in [0.15, 0.2) is 0 Å². The standard InChI is InChI=1S/C14H28N4O2/c1-4-7-16-14(20)17-13(19)10-18(11(2)3)9-12-6-5-8-15-12/h11-12,15H,4-10H2,1-3H3,(H2,16,17,19,20). The fraction of sp³-hybridized carbons (Fsp3) is 0.857. The van der Waals surface area contributed by atoms with Crippen LogP contribution >= 0.6 is 0 Å². The van der Waals surface area contributed by atoms with E-state index < -0.39 is 6.03 Å². The fourth-order valence-corrected chi connectivity index (χ4v) is 2.29. The Morgan fingerprint density at radius 2 is 2.15 bits per heavy atom. The summed E-state index contributed by atoms with van der Waals surface area (Å²) in [5, 5.41) is 8.44. The molecule has 1 fully saturated rings. The number of nitrogens with zero attached hydrogens (tertiary/aromatic N) is 1. The Morgan fingerprint density at radius 1 is 1.40 bits per heavy atom. The average Bonchev–Trinajstić information content (AvgIpc) is 2.88. The second kappa shape index (κ2) is 8.92. The molecule has 0 aliphatic carbocycles. The van der Waals surface area contributed by atoms with E-state index in [2.05, 4.69) is 34.7 Å². The van der Waals surface area contributed by atoms with Crippen LogP contribution in [0.4, 0.5) is 4.79 Å². The number of rotatable bonds is 7. The van der Waals surface area contributed by atoms with Gasteiger partial charge in [-0.25, -0.2) is 4.79 Å². The third-order valence-electron chi connectivity index (χ3n) is 3.48. The Kier molecular flexibility index (Phi) is 7.54. The number of urea groups is 1. The van der Waals surface area contributed by atoms with Gasteiger partial charge in [-0.2, -0.15) is 0 Å². The summed E-state index contributed by atoms with van der Waals surface area (Å²) in [5.41, 5.74) is 0. The molecule has 0 aromatic rings. The summed E-state index contributed by atoms with van der Waals surface area (Å²) in [6, 6.07) is 0.334. The second-order valence-electron chi connectivity index (χ2n) is 5.62. The van der Waals surface area contributed by atoms with Crippen LogP contribution in [-0.4, -0.2) is 55.1 Å². The number of imide groups is 1. The van der Waals surface area contributed by atoms with Gasteiger partial charge in [-0.1, -0.05) is 6.92 Å². The van der Waals surface area contributed by atoms with Gasteiger partial charge < -0.3 is 10.6 Å². The SMILES string of the molecule is CCCNC(=O)NC(=O)CN(CC1CCCN1)C(C)C. The Labute approximate surface area is 121 Å². The first-order chi connectivity index (χ1) is 9.52. The van der Waals surface area contributed by atoms with E-state index in [4.69, 9.17) is 0 Å². The molecule has 6 heteroatoms. The third-order valence-corrected chi connectivity index (χ3v) is 3.48. The summed E-state index contributed by atoms with van der Waals surface area (Å²) < 4.78 is 0. The lowest BCUT2D eigenvalue weighted by atomic mass is 10.2. The van der Waals surface area contributed by atoms with Crippen LogP contribution < -0.4 is 16.0 Å². The van der Waals surface area contributed by atoms with Crippen LogP contribution in [0.5, 0.6) is 0 Å². The van der Waals surface area contributed by atoms with Gasteiger partial charge in [-0.3, -0.25) is 15.0 Å². The van der Waals surface area contributed by atoms with Crippen molar-refractivity contribution in [2.75, 3.05) is 26.2 Å². The Morgan fingerprint density at radius 3 is 2.70 bits per heavy atom. The molecule has 1 heterocycles. The van der Waals surface area contributed by atoms with Crippen molar-refractivity contribution in [2.45, 2.75) is 52.1 Å². The molecule has 6 nitrogen and oxygen atoms in total. The lowest BCUT2D eigenvalue weighted by molar-refractivity contribution is -0.121. The molecule has 1 aliphatic heterocycles. The third kappa shape index (κ3) is 6.34. The van der Waals surface area contributed by atoms with Crippen LogP contribution in [0.2, 0.25) is 0 Å². The lowest BCUT2D eigenvalue weighted by Gasteiger charge is -2.28. The van der Waals surface area contributed by atoms with Gasteiger partial charge in [0, 0.05) is 25.2 Å². The van der Waals surface area contributed by atoms with Gasteiger partial charge in [0.05, 0.1) is 6.54 Å². The van der Waals surface area contributed by atoms with Gasteiger partial charge in [-0.05, 0) is 39.7 Å². The topological polar surface area (TPSA) is 73.5 Å². The molecule has 1 aliphatic rings. The number of hydrogen-bond acceptors (Lipinski definition) is 4. The van der Waals surface area contributed by atoms with Gasteiger partial charge >= 0.3 is 6.03 Å². The quantitative estimate of drug-likeness (QED) is 0.643. The van der Waals surface area contributed by atoms with Gasteiger partial charge in [0.2, 0.25) is 5.91 Å². The fourth-order valence-electron chi connectivity index (χ4n) is 2.29. The molecular weight excluding hydrogens is 256 g/mol. The molecule has 0 radical (unpaired) electrons. The smallest absolute Gasteiger partial charge is 0.321 e. The predicted molar refractivity (Wildman–Crippen MR) is 79.6 cm³/mol. The molecule has 3 N–H and O–H groups in total. The van der Waals surface area contributed by atoms with Crippen molar-refractivity contribution < 1.29 is 9.59 Å². The highest BCUT2D eigenvalue weighted by molar-refractivity contribution is 5.95. The van der Waals surface area contributed by atoms with Crippen LogP contribution in [0.3, 0.4) is 0 Å². The lowest BCUT2D eigenvalue weighted by Crippen LogP contribution is -2.49. The van der Waals surface area contributed by atoms with E-state index in [-0.39, 0.29) is 18.5 Å². The minimum Gasteiger partial charge on any atom is -0.338 e. The highest BCUT2D eigenvalue weighted by atomic mass is 16.2. The molecule has 0 bridgehead atoms. The van der Waals surface area contributed by atoms with Crippen molar-refractivity contribution in [1.82, 2.24) is 20.9 Å². The van der Waals surface area contributed by atoms with Crippen molar-refractivity contribution in [3.63, 3.8) is 0 Å². The second-order valence-corrected chi connectivity index (χ2v) is 5.62. The summed E-state index contributed by atoms with van der Waals surface area (Å²) in [5.74, 6) is -0.245. The molecular formula is C14H28N4O2. The summed E-state index contributed by atoms with van der Waals surface area (Å²) in [6.07, 6.45) is 3.21. The zero-order valence-electron chi connectivity index (χ0n) is 12.9. The number of amides is 3. The largest absolute Gasteiger partial charge is 0.338 e. The Balaban J connectivity index is 2.36. The first-order valence-corrected chi connectivity index (χ1v) is 7.58. The van der Waals surface area contributed by atoms with Crippen molar-refractivity contribution >= 4 is 11.9 Å². The van der Waals surface area contributed by atoms with E-state index >= 15 is 0 Å². The highest BCUT2D eigenvalue weighted by Gasteiger charge is 2.21. The molecule has 1 saturated heterocycles. The van der Waals surface area contributed by atoms with E-state index in [1.54, 1.807) is 0 Å². The molecule has 20 heavy (non-hydrogen) atoms. The summed E-state index contributed by atoms with van der Waals surface area (Å²) >= 11 is 0. The monoisotopic (exact) mass is 284 g/mol. The summed E-state index contributed by atoms with van der Waals surface area (Å²) in [4.78, 5) is 25.4. The molecule has 0 aromatic carbocycles. The maximum Gasteiger partial charge on any atom is 0.321 e. The van der Waals surface area contributed by atoms with E-state index in [9.17, 15) is 9.59 Å². The van der Waals surface area contributed by atoms with Gasteiger partial charge in [0.25, 0.3) is 0 Å². The number of carbonyl (C=O) groups is 2. The minimum atomic E-state index is -0.403. The maximum atomic E-state index is 11.9. The van der Waals surface area contributed by atoms with E-state index in [1.165, 1.54) is 6.42 Å². The van der Waals surface area contributed by atoms with Crippen molar-refractivity contribution in [2.24, 2.45) is 0 Å². The Hall–Kier alpha value is -1.14. The molecule has 0 saturated carbocycles. The van der Waals surface area contributed by atoms with Crippen LogP contribution in [-0.2, 0) is 4.79 Å². The molecule has 1 atom stereocenters. The van der Waals surface area contributed by atoms with Gasteiger partial charge in [0.1, 0.15) is 0 Å².